The predicted molar refractivity (Wildman–Crippen MR) is 126 cm³/mol. The number of aliphatic hydroxyl groups excluding tert-OH is 1. The number of rotatable bonds is 5. The zero-order chi connectivity index (χ0) is 23.8. The van der Waals surface area contributed by atoms with Crippen LogP contribution in [0.15, 0.2) is 48.0 Å². The van der Waals surface area contributed by atoms with E-state index < -0.39 is 17.7 Å². The monoisotopic (exact) mass is 449 g/mol. The third-order valence-electron chi connectivity index (χ3n) is 6.35. The van der Waals surface area contributed by atoms with Gasteiger partial charge in [-0.25, -0.2) is 0 Å². The summed E-state index contributed by atoms with van der Waals surface area (Å²) in [7, 11) is 1.55. The van der Waals surface area contributed by atoms with E-state index >= 15 is 0 Å². The van der Waals surface area contributed by atoms with Crippen molar-refractivity contribution in [2.45, 2.75) is 45.1 Å². The van der Waals surface area contributed by atoms with E-state index in [1.807, 2.05) is 36.4 Å². The van der Waals surface area contributed by atoms with Crippen LogP contribution in [-0.4, -0.2) is 48.6 Å². The Hall–Kier alpha value is -3.12. The molecule has 2 heterocycles. The van der Waals surface area contributed by atoms with E-state index in [1.165, 1.54) is 4.90 Å². The summed E-state index contributed by atoms with van der Waals surface area (Å²) in [5.74, 6) is -0.665. The number of Topliss-reactive ketones (excluding diaryl/α,β-unsaturated/α-hetero) is 1. The van der Waals surface area contributed by atoms with E-state index in [0.29, 0.717) is 18.8 Å². The van der Waals surface area contributed by atoms with Gasteiger partial charge in [0, 0.05) is 19.2 Å². The van der Waals surface area contributed by atoms with Crippen molar-refractivity contribution in [1.82, 2.24) is 4.90 Å². The zero-order valence-corrected chi connectivity index (χ0v) is 19.7. The van der Waals surface area contributed by atoms with Crippen molar-refractivity contribution in [3.63, 3.8) is 0 Å². The number of carbonyl (C=O) groups is 2. The van der Waals surface area contributed by atoms with Crippen molar-refractivity contribution in [3.05, 3.63) is 70.3 Å². The number of ketones is 1. The van der Waals surface area contributed by atoms with Crippen molar-refractivity contribution in [2.24, 2.45) is 0 Å². The summed E-state index contributed by atoms with van der Waals surface area (Å²) >= 11 is 0. The molecule has 2 aromatic rings. The highest BCUT2D eigenvalue weighted by Gasteiger charge is 2.46. The standard InChI is InChI=1S/C27H31NO5/c1-27(2,3)20-10-7-17(8-11-20)23-22(25(30)26(31)28(23)13-15-32-4)24(29)19-9-12-21-18(16-19)6-5-14-33-21/h7-12,16,23,29H,5-6,13-15H2,1-4H3/b24-22-. The van der Waals surface area contributed by atoms with Crippen molar-refractivity contribution in [1.29, 1.82) is 0 Å². The summed E-state index contributed by atoms with van der Waals surface area (Å²) in [6.45, 7) is 7.61. The number of aliphatic hydroxyl groups is 1. The van der Waals surface area contributed by atoms with Crippen LogP contribution < -0.4 is 4.74 Å². The topological polar surface area (TPSA) is 76.1 Å². The summed E-state index contributed by atoms with van der Waals surface area (Å²) in [5.41, 5.74) is 3.51. The third kappa shape index (κ3) is 4.40. The lowest BCUT2D eigenvalue weighted by molar-refractivity contribution is -0.140. The summed E-state index contributed by atoms with van der Waals surface area (Å²) in [5, 5.41) is 11.3. The molecular weight excluding hydrogens is 418 g/mol. The predicted octanol–water partition coefficient (Wildman–Crippen LogP) is 4.38. The Labute approximate surface area is 194 Å². The highest BCUT2D eigenvalue weighted by atomic mass is 16.5. The fraction of sp³-hybridized carbons (Fsp3) is 0.407. The minimum absolute atomic E-state index is 0.0262. The van der Waals surface area contributed by atoms with Crippen molar-refractivity contribution < 1.29 is 24.2 Å². The van der Waals surface area contributed by atoms with Crippen LogP contribution >= 0.6 is 0 Å². The molecule has 1 unspecified atom stereocenters. The molecule has 174 valence electrons. The summed E-state index contributed by atoms with van der Waals surface area (Å²) < 4.78 is 10.9. The first-order chi connectivity index (χ1) is 15.7. The molecule has 0 saturated carbocycles. The number of fused-ring (bicyclic) bond motifs is 1. The first-order valence-corrected chi connectivity index (χ1v) is 11.4. The second kappa shape index (κ2) is 9.02. The molecule has 0 aliphatic carbocycles. The molecule has 0 radical (unpaired) electrons. The van der Waals surface area contributed by atoms with Crippen LogP contribution in [0.3, 0.4) is 0 Å². The van der Waals surface area contributed by atoms with Gasteiger partial charge in [-0.2, -0.15) is 0 Å². The SMILES string of the molecule is COCCN1C(=O)C(=O)/C(=C(\O)c2ccc3c(c2)CCCO3)C1c1ccc(C(C)(C)C)cc1. The second-order valence-electron chi connectivity index (χ2n) is 9.63. The molecule has 1 fully saturated rings. The molecule has 6 heteroatoms. The smallest absolute Gasteiger partial charge is 0.295 e. The largest absolute Gasteiger partial charge is 0.507 e. The Bertz CT molecular complexity index is 1090. The van der Waals surface area contributed by atoms with Crippen LogP contribution in [0.5, 0.6) is 5.75 Å². The maximum absolute atomic E-state index is 13.1. The molecule has 2 aliphatic heterocycles. The Morgan fingerprint density at radius 1 is 1.15 bits per heavy atom. The van der Waals surface area contributed by atoms with Crippen LogP contribution in [0.1, 0.15) is 55.5 Å². The Balaban J connectivity index is 1.81. The highest BCUT2D eigenvalue weighted by molar-refractivity contribution is 6.46. The Kier molecular flexibility index (Phi) is 6.30. The molecule has 0 spiro atoms. The van der Waals surface area contributed by atoms with Crippen LogP contribution in [-0.2, 0) is 26.2 Å². The Morgan fingerprint density at radius 2 is 1.88 bits per heavy atom. The number of aryl methyl sites for hydroxylation is 1. The molecule has 2 aliphatic rings. The molecule has 1 saturated heterocycles. The molecule has 1 N–H and O–H groups in total. The average Bonchev–Trinajstić information content (AvgIpc) is 3.06. The first-order valence-electron chi connectivity index (χ1n) is 11.4. The number of likely N-dealkylation sites (tertiary alicyclic amines) is 1. The van der Waals surface area contributed by atoms with Gasteiger partial charge in [-0.1, -0.05) is 45.0 Å². The molecular formula is C27H31NO5. The summed E-state index contributed by atoms with van der Waals surface area (Å²) in [6, 6.07) is 12.6. The van der Waals surface area contributed by atoms with Gasteiger partial charge in [0.2, 0.25) is 0 Å². The van der Waals surface area contributed by atoms with Crippen molar-refractivity contribution in [3.8, 4) is 5.75 Å². The van der Waals surface area contributed by atoms with E-state index in [-0.39, 0.29) is 23.3 Å². The molecule has 1 atom stereocenters. The normalized spacial score (nSPS) is 20.0. The number of hydrogen-bond donors (Lipinski definition) is 1. The maximum atomic E-state index is 13.1. The molecule has 33 heavy (non-hydrogen) atoms. The van der Waals surface area contributed by atoms with E-state index in [1.54, 1.807) is 13.2 Å². The van der Waals surface area contributed by atoms with Gasteiger partial charge in [-0.3, -0.25) is 9.59 Å². The fourth-order valence-electron chi connectivity index (χ4n) is 4.48. The number of methoxy groups -OCH3 is 1. The van der Waals surface area contributed by atoms with Crippen LogP contribution in [0.25, 0.3) is 5.76 Å². The molecule has 6 nitrogen and oxygen atoms in total. The molecule has 2 aromatic carbocycles. The second-order valence-corrected chi connectivity index (χ2v) is 9.63. The minimum atomic E-state index is -0.679. The number of nitrogens with zero attached hydrogens (tertiary/aromatic N) is 1. The quantitative estimate of drug-likeness (QED) is 0.417. The lowest BCUT2D eigenvalue weighted by atomic mass is 9.85. The summed E-state index contributed by atoms with van der Waals surface area (Å²) in [4.78, 5) is 27.6. The van der Waals surface area contributed by atoms with Gasteiger partial charge in [0.25, 0.3) is 11.7 Å². The van der Waals surface area contributed by atoms with Crippen LogP contribution in [0.4, 0.5) is 0 Å². The van der Waals surface area contributed by atoms with Gasteiger partial charge in [-0.15, -0.1) is 0 Å². The third-order valence-corrected chi connectivity index (χ3v) is 6.35. The van der Waals surface area contributed by atoms with Gasteiger partial charge >= 0.3 is 0 Å². The maximum Gasteiger partial charge on any atom is 0.295 e. The Morgan fingerprint density at radius 3 is 2.55 bits per heavy atom. The number of carbonyl (C=O) groups excluding carboxylic acids is 2. The van der Waals surface area contributed by atoms with Crippen LogP contribution in [0, 0.1) is 0 Å². The van der Waals surface area contributed by atoms with Gasteiger partial charge in [0.05, 0.1) is 24.8 Å². The van der Waals surface area contributed by atoms with Gasteiger partial charge < -0.3 is 19.5 Å². The van der Waals surface area contributed by atoms with Gasteiger partial charge in [0.15, 0.2) is 0 Å². The molecule has 1 amide bonds. The van der Waals surface area contributed by atoms with E-state index in [4.69, 9.17) is 9.47 Å². The highest BCUT2D eigenvalue weighted by Crippen LogP contribution is 2.40. The summed E-state index contributed by atoms with van der Waals surface area (Å²) in [6.07, 6.45) is 1.75. The first kappa shape index (κ1) is 23.1. The fourth-order valence-corrected chi connectivity index (χ4v) is 4.48. The van der Waals surface area contributed by atoms with Crippen molar-refractivity contribution in [2.75, 3.05) is 26.9 Å². The number of ether oxygens (including phenoxy) is 2. The molecule has 0 aromatic heterocycles. The number of hydrogen-bond acceptors (Lipinski definition) is 5. The minimum Gasteiger partial charge on any atom is -0.507 e. The van der Waals surface area contributed by atoms with E-state index in [9.17, 15) is 14.7 Å². The number of benzene rings is 2. The van der Waals surface area contributed by atoms with Crippen LogP contribution in [0.2, 0.25) is 0 Å². The van der Waals surface area contributed by atoms with E-state index in [0.717, 1.165) is 35.3 Å². The average molecular weight is 450 g/mol. The molecule has 0 bridgehead atoms. The zero-order valence-electron chi connectivity index (χ0n) is 19.7. The lowest BCUT2D eigenvalue weighted by Gasteiger charge is -2.26. The van der Waals surface area contributed by atoms with Crippen molar-refractivity contribution >= 4 is 17.4 Å². The number of amides is 1. The lowest BCUT2D eigenvalue weighted by Crippen LogP contribution is -2.32. The molecule has 4 rings (SSSR count). The van der Waals surface area contributed by atoms with E-state index in [2.05, 4.69) is 20.8 Å². The van der Waals surface area contributed by atoms with Gasteiger partial charge in [-0.05, 0) is 53.1 Å². The van der Waals surface area contributed by atoms with Gasteiger partial charge in [0.1, 0.15) is 11.5 Å².